The maximum absolute atomic E-state index is 12.2. The Morgan fingerprint density at radius 2 is 1.64 bits per heavy atom. The molecule has 0 aliphatic carbocycles. The van der Waals surface area contributed by atoms with E-state index in [0.29, 0.717) is 5.56 Å². The number of hydrogen-bond acceptors (Lipinski definition) is 4. The normalized spacial score (nSPS) is 12.6. The van der Waals surface area contributed by atoms with Gasteiger partial charge in [-0.05, 0) is 36.8 Å². The van der Waals surface area contributed by atoms with Crippen LogP contribution in [0.4, 0.5) is 0 Å². The van der Waals surface area contributed by atoms with Crippen molar-refractivity contribution < 1.29 is 18.4 Å². The van der Waals surface area contributed by atoms with Gasteiger partial charge < -0.3 is 0 Å². The maximum Gasteiger partial charge on any atom is 0.274 e. The van der Waals surface area contributed by atoms with Gasteiger partial charge in [0.1, 0.15) is 0 Å². The number of sulfonamides is 1. The van der Waals surface area contributed by atoms with Crippen molar-refractivity contribution in [1.82, 2.24) is 10.2 Å². The van der Waals surface area contributed by atoms with Gasteiger partial charge in [-0.1, -0.05) is 30.3 Å². The minimum atomic E-state index is -3.61. The number of amides is 1. The van der Waals surface area contributed by atoms with Crippen LogP contribution in [0.3, 0.4) is 0 Å². The van der Waals surface area contributed by atoms with Gasteiger partial charge in [0, 0.05) is 11.6 Å². The van der Waals surface area contributed by atoms with Gasteiger partial charge >= 0.3 is 0 Å². The molecule has 2 aromatic rings. The largest absolute Gasteiger partial charge is 0.288 e. The fourth-order valence-corrected chi connectivity index (χ4v) is 3.21. The molecule has 2 aromatic carbocycles. The molecular formula is C15H16N2O4S. The minimum absolute atomic E-state index is 0.193. The highest BCUT2D eigenvalue weighted by Crippen LogP contribution is 2.17. The van der Waals surface area contributed by atoms with Gasteiger partial charge in [0.25, 0.3) is 5.91 Å². The van der Waals surface area contributed by atoms with Crippen LogP contribution in [0.1, 0.15) is 28.9 Å². The van der Waals surface area contributed by atoms with Gasteiger partial charge in [0.2, 0.25) is 10.0 Å². The van der Waals surface area contributed by atoms with E-state index < -0.39 is 22.0 Å². The monoisotopic (exact) mass is 320 g/mol. The molecule has 0 aliphatic heterocycles. The molecule has 0 saturated carbocycles. The van der Waals surface area contributed by atoms with E-state index in [4.69, 9.17) is 5.21 Å². The summed E-state index contributed by atoms with van der Waals surface area (Å²) in [6.07, 6.45) is 0. The molecule has 0 radical (unpaired) electrons. The van der Waals surface area contributed by atoms with Crippen molar-refractivity contribution in [3.05, 3.63) is 65.7 Å². The summed E-state index contributed by atoms with van der Waals surface area (Å²) in [7, 11) is -3.61. The predicted octanol–water partition coefficient (Wildman–Crippen LogP) is 1.85. The highest BCUT2D eigenvalue weighted by molar-refractivity contribution is 7.89. The van der Waals surface area contributed by atoms with E-state index in [1.54, 1.807) is 37.3 Å². The van der Waals surface area contributed by atoms with Crippen molar-refractivity contribution in [1.29, 1.82) is 0 Å². The average Bonchev–Trinajstić information content (AvgIpc) is 2.54. The molecule has 3 N–H and O–H groups in total. The summed E-state index contributed by atoms with van der Waals surface area (Å²) in [5.74, 6) is -0.621. The second-order valence-electron chi connectivity index (χ2n) is 4.72. The Morgan fingerprint density at radius 1 is 1.05 bits per heavy atom. The Balaban J connectivity index is 2.15. The van der Waals surface area contributed by atoms with Crippen LogP contribution in [0.5, 0.6) is 0 Å². The zero-order valence-electron chi connectivity index (χ0n) is 11.9. The summed E-state index contributed by atoms with van der Waals surface area (Å²) in [5, 5.41) is 8.55. The molecule has 0 saturated heterocycles. The van der Waals surface area contributed by atoms with E-state index in [-0.39, 0.29) is 10.5 Å². The fraction of sp³-hybridized carbons (Fsp3) is 0.133. The number of rotatable bonds is 5. The topological polar surface area (TPSA) is 95.5 Å². The van der Waals surface area contributed by atoms with Crippen LogP contribution >= 0.6 is 0 Å². The summed E-state index contributed by atoms with van der Waals surface area (Å²) in [5.41, 5.74) is 2.52. The molecular weight excluding hydrogens is 304 g/mol. The summed E-state index contributed by atoms with van der Waals surface area (Å²) >= 11 is 0. The van der Waals surface area contributed by atoms with Crippen LogP contribution in [0, 0.1) is 0 Å². The van der Waals surface area contributed by atoms with Gasteiger partial charge in [-0.2, -0.15) is 0 Å². The number of carbonyl (C=O) groups excluding carboxylic acids is 1. The van der Waals surface area contributed by atoms with Crippen LogP contribution in [-0.2, 0) is 10.0 Å². The Morgan fingerprint density at radius 3 is 2.18 bits per heavy atom. The van der Waals surface area contributed by atoms with Crippen molar-refractivity contribution in [2.75, 3.05) is 0 Å². The van der Waals surface area contributed by atoms with Crippen molar-refractivity contribution in [3.8, 4) is 0 Å². The molecule has 1 atom stereocenters. The summed E-state index contributed by atoms with van der Waals surface area (Å²) in [6, 6.07) is 13.9. The van der Waals surface area contributed by atoms with Crippen LogP contribution in [0.25, 0.3) is 0 Å². The van der Waals surface area contributed by atoms with Crippen molar-refractivity contribution >= 4 is 15.9 Å². The molecule has 1 amide bonds. The first-order valence-electron chi connectivity index (χ1n) is 6.56. The zero-order chi connectivity index (χ0) is 16.2. The Labute approximate surface area is 128 Å². The molecule has 116 valence electrons. The van der Waals surface area contributed by atoms with E-state index in [1.807, 2.05) is 0 Å². The van der Waals surface area contributed by atoms with E-state index in [1.165, 1.54) is 29.7 Å². The smallest absolute Gasteiger partial charge is 0.274 e. The van der Waals surface area contributed by atoms with E-state index in [0.717, 1.165) is 0 Å². The van der Waals surface area contributed by atoms with Crippen LogP contribution < -0.4 is 10.2 Å². The third kappa shape index (κ3) is 3.70. The number of hydroxylamine groups is 1. The lowest BCUT2D eigenvalue weighted by molar-refractivity contribution is 0.0706. The summed E-state index contributed by atoms with van der Waals surface area (Å²) in [4.78, 5) is 11.4. The first-order chi connectivity index (χ1) is 10.4. The Kier molecular flexibility index (Phi) is 4.92. The molecule has 22 heavy (non-hydrogen) atoms. The van der Waals surface area contributed by atoms with Gasteiger partial charge in [0.15, 0.2) is 0 Å². The quantitative estimate of drug-likeness (QED) is 0.578. The van der Waals surface area contributed by atoms with E-state index in [2.05, 4.69) is 4.72 Å². The van der Waals surface area contributed by atoms with Gasteiger partial charge in [-0.25, -0.2) is 18.6 Å². The Hall–Kier alpha value is -2.22. The number of nitrogens with one attached hydrogen (secondary N) is 2. The second-order valence-corrected chi connectivity index (χ2v) is 6.43. The number of hydrogen-bond donors (Lipinski definition) is 3. The molecule has 0 spiro atoms. The molecule has 0 aromatic heterocycles. The SMILES string of the molecule is CC(NS(=O)(=O)c1ccccc1)c1ccc(C(=O)NO)cc1. The highest BCUT2D eigenvalue weighted by Gasteiger charge is 2.18. The first-order valence-corrected chi connectivity index (χ1v) is 8.04. The van der Waals surface area contributed by atoms with Crippen LogP contribution in [-0.4, -0.2) is 19.5 Å². The number of benzene rings is 2. The van der Waals surface area contributed by atoms with Gasteiger partial charge in [-0.15, -0.1) is 0 Å². The molecule has 0 heterocycles. The Bertz CT molecular complexity index is 743. The number of carbonyl (C=O) groups is 1. The summed E-state index contributed by atoms with van der Waals surface area (Å²) in [6.45, 7) is 1.71. The second kappa shape index (κ2) is 6.69. The molecule has 6 nitrogen and oxygen atoms in total. The molecule has 0 bridgehead atoms. The molecule has 0 aliphatic rings. The van der Waals surface area contributed by atoms with Crippen LogP contribution in [0.2, 0.25) is 0 Å². The fourth-order valence-electron chi connectivity index (χ4n) is 1.96. The molecule has 7 heteroatoms. The van der Waals surface area contributed by atoms with E-state index >= 15 is 0 Å². The predicted molar refractivity (Wildman–Crippen MR) is 80.9 cm³/mol. The third-order valence-corrected chi connectivity index (χ3v) is 4.72. The lowest BCUT2D eigenvalue weighted by atomic mass is 10.1. The van der Waals surface area contributed by atoms with E-state index in [9.17, 15) is 13.2 Å². The molecule has 2 rings (SSSR count). The maximum atomic E-state index is 12.2. The van der Waals surface area contributed by atoms with Gasteiger partial charge in [-0.3, -0.25) is 10.0 Å². The lowest BCUT2D eigenvalue weighted by Crippen LogP contribution is -2.27. The first kappa shape index (κ1) is 16.2. The van der Waals surface area contributed by atoms with Crippen LogP contribution in [0.15, 0.2) is 59.5 Å². The molecule has 0 fully saturated rings. The van der Waals surface area contributed by atoms with Crippen molar-refractivity contribution in [2.45, 2.75) is 17.9 Å². The minimum Gasteiger partial charge on any atom is -0.288 e. The molecule has 1 unspecified atom stereocenters. The van der Waals surface area contributed by atoms with Crippen molar-refractivity contribution in [3.63, 3.8) is 0 Å². The standard InChI is InChI=1S/C15H16N2O4S/c1-11(12-7-9-13(10-8-12)15(18)16-19)17-22(20,21)14-5-3-2-4-6-14/h2-11,17,19H,1H3,(H,16,18). The highest BCUT2D eigenvalue weighted by atomic mass is 32.2. The summed E-state index contributed by atoms with van der Waals surface area (Å²) < 4.78 is 27.0. The lowest BCUT2D eigenvalue weighted by Gasteiger charge is -2.15. The van der Waals surface area contributed by atoms with Gasteiger partial charge in [0.05, 0.1) is 4.90 Å². The zero-order valence-corrected chi connectivity index (χ0v) is 12.7. The average molecular weight is 320 g/mol. The van der Waals surface area contributed by atoms with Crippen molar-refractivity contribution in [2.24, 2.45) is 0 Å². The third-order valence-electron chi connectivity index (χ3n) is 3.16.